The minimum absolute atomic E-state index is 0.0721. The summed E-state index contributed by atoms with van der Waals surface area (Å²) in [4.78, 5) is -0.0721. The van der Waals surface area contributed by atoms with Crippen LogP contribution in [0.2, 0.25) is 0 Å². The highest BCUT2D eigenvalue weighted by Crippen LogP contribution is 2.35. The van der Waals surface area contributed by atoms with E-state index in [-0.39, 0.29) is 16.8 Å². The van der Waals surface area contributed by atoms with Crippen LogP contribution in [0.25, 0.3) is 0 Å². The van der Waals surface area contributed by atoms with E-state index in [4.69, 9.17) is 11.6 Å². The summed E-state index contributed by atoms with van der Waals surface area (Å²) in [5.41, 5.74) is 0. The van der Waals surface area contributed by atoms with Crippen LogP contribution in [0.4, 0.5) is 4.39 Å². The fourth-order valence-corrected chi connectivity index (χ4v) is 3.04. The van der Waals surface area contributed by atoms with Gasteiger partial charge in [-0.1, -0.05) is 6.07 Å². The predicted octanol–water partition coefficient (Wildman–Crippen LogP) is 2.12. The molecule has 1 atom stereocenters. The van der Waals surface area contributed by atoms with E-state index < -0.39 is 15.8 Å². The van der Waals surface area contributed by atoms with Gasteiger partial charge >= 0.3 is 0 Å². The molecule has 1 unspecified atom stereocenters. The minimum Gasteiger partial charge on any atom is -0.210 e. The third-order valence-corrected chi connectivity index (χ3v) is 4.64. The van der Waals surface area contributed by atoms with Gasteiger partial charge in [0.15, 0.2) is 0 Å². The average molecular weight is 278 g/mol. The Morgan fingerprint density at radius 3 is 2.76 bits per heavy atom. The highest BCUT2D eigenvalue weighted by molar-refractivity contribution is 7.89. The Bertz CT molecular complexity index is 502. The van der Waals surface area contributed by atoms with Crippen LogP contribution in [0.1, 0.15) is 12.8 Å². The summed E-state index contributed by atoms with van der Waals surface area (Å²) in [6.07, 6.45) is 2.10. The van der Waals surface area contributed by atoms with Gasteiger partial charge in [0, 0.05) is 11.9 Å². The number of rotatable bonds is 5. The molecule has 94 valence electrons. The molecule has 2 rings (SSSR count). The maximum atomic E-state index is 12.9. The van der Waals surface area contributed by atoms with Gasteiger partial charge in [0.05, 0.1) is 4.90 Å². The lowest BCUT2D eigenvalue weighted by atomic mass is 10.3. The molecule has 3 nitrogen and oxygen atoms in total. The number of hydrogen-bond donors (Lipinski definition) is 1. The van der Waals surface area contributed by atoms with Crippen molar-refractivity contribution in [3.63, 3.8) is 0 Å². The summed E-state index contributed by atoms with van der Waals surface area (Å²) in [5, 5.41) is -0.182. The van der Waals surface area contributed by atoms with E-state index in [2.05, 4.69) is 4.72 Å². The van der Waals surface area contributed by atoms with Crippen LogP contribution in [0, 0.1) is 11.7 Å². The lowest BCUT2D eigenvalue weighted by Crippen LogP contribution is -2.30. The molecule has 17 heavy (non-hydrogen) atoms. The second-order valence-electron chi connectivity index (χ2n) is 4.16. The topological polar surface area (TPSA) is 46.2 Å². The minimum atomic E-state index is -3.66. The lowest BCUT2D eigenvalue weighted by molar-refractivity contribution is 0.573. The van der Waals surface area contributed by atoms with Crippen molar-refractivity contribution < 1.29 is 12.8 Å². The first-order valence-corrected chi connectivity index (χ1v) is 7.30. The van der Waals surface area contributed by atoms with E-state index in [0.717, 1.165) is 18.9 Å². The van der Waals surface area contributed by atoms with Crippen molar-refractivity contribution in [1.82, 2.24) is 4.72 Å². The Labute approximate surface area is 105 Å². The Hall–Kier alpha value is -0.650. The van der Waals surface area contributed by atoms with Crippen molar-refractivity contribution in [1.29, 1.82) is 0 Å². The first-order chi connectivity index (χ1) is 7.99. The highest BCUT2D eigenvalue weighted by atomic mass is 35.5. The SMILES string of the molecule is O=S(=O)(NCC(Cl)C1CC1)c1cccc(F)c1. The first-order valence-electron chi connectivity index (χ1n) is 5.38. The standard InChI is InChI=1S/C11H13ClFNO2S/c12-11(8-4-5-8)7-14-17(15,16)10-3-1-2-9(13)6-10/h1-3,6,8,11,14H,4-5,7H2. The fraction of sp³-hybridized carbons (Fsp3) is 0.455. The molecule has 1 aromatic rings. The molecular weight excluding hydrogens is 265 g/mol. The molecule has 0 aromatic heterocycles. The Kier molecular flexibility index (Phi) is 3.70. The summed E-state index contributed by atoms with van der Waals surface area (Å²) in [5.74, 6) is -0.163. The van der Waals surface area contributed by atoms with Crippen LogP contribution in [0.3, 0.4) is 0 Å². The molecule has 0 spiro atoms. The number of alkyl halides is 1. The van der Waals surface area contributed by atoms with E-state index in [1.165, 1.54) is 18.2 Å². The van der Waals surface area contributed by atoms with E-state index in [9.17, 15) is 12.8 Å². The molecule has 1 fully saturated rings. The molecule has 0 bridgehead atoms. The largest absolute Gasteiger partial charge is 0.240 e. The van der Waals surface area contributed by atoms with E-state index >= 15 is 0 Å². The summed E-state index contributed by atoms with van der Waals surface area (Å²) in [6, 6.07) is 4.91. The van der Waals surface area contributed by atoms with Crippen LogP contribution >= 0.6 is 11.6 Å². The van der Waals surface area contributed by atoms with Crippen molar-refractivity contribution in [3.05, 3.63) is 30.1 Å². The number of sulfonamides is 1. The fourth-order valence-electron chi connectivity index (χ4n) is 1.53. The monoisotopic (exact) mass is 277 g/mol. The Morgan fingerprint density at radius 1 is 1.47 bits per heavy atom. The molecule has 1 aliphatic carbocycles. The number of halogens is 2. The van der Waals surface area contributed by atoms with E-state index in [0.29, 0.717) is 5.92 Å². The van der Waals surface area contributed by atoms with Gasteiger partial charge in [-0.2, -0.15) is 0 Å². The van der Waals surface area contributed by atoms with Crippen LogP contribution in [0.5, 0.6) is 0 Å². The van der Waals surface area contributed by atoms with Crippen LogP contribution in [-0.2, 0) is 10.0 Å². The van der Waals surface area contributed by atoms with Gasteiger partial charge in [0.25, 0.3) is 0 Å². The summed E-state index contributed by atoms with van der Waals surface area (Å²) in [7, 11) is -3.66. The molecular formula is C11H13ClFNO2S. The Balaban J connectivity index is 2.03. The molecule has 1 aliphatic rings. The summed E-state index contributed by atoms with van der Waals surface area (Å²) in [6.45, 7) is 0.186. The van der Waals surface area contributed by atoms with Crippen molar-refractivity contribution >= 4 is 21.6 Å². The van der Waals surface area contributed by atoms with Crippen LogP contribution in [0.15, 0.2) is 29.2 Å². The van der Waals surface area contributed by atoms with Gasteiger partial charge in [-0.3, -0.25) is 0 Å². The van der Waals surface area contributed by atoms with Crippen LogP contribution in [-0.4, -0.2) is 20.3 Å². The van der Waals surface area contributed by atoms with Crippen molar-refractivity contribution in [2.24, 2.45) is 5.92 Å². The molecule has 1 saturated carbocycles. The van der Waals surface area contributed by atoms with Crippen molar-refractivity contribution in [2.45, 2.75) is 23.1 Å². The molecule has 6 heteroatoms. The van der Waals surface area contributed by atoms with Gasteiger partial charge in [0.2, 0.25) is 10.0 Å². The van der Waals surface area contributed by atoms with Crippen molar-refractivity contribution in [2.75, 3.05) is 6.54 Å². The first kappa shape index (κ1) is 12.8. The molecule has 0 radical (unpaired) electrons. The van der Waals surface area contributed by atoms with Crippen LogP contribution < -0.4 is 4.72 Å². The number of benzene rings is 1. The number of nitrogens with one attached hydrogen (secondary N) is 1. The molecule has 1 N–H and O–H groups in total. The van der Waals surface area contributed by atoms with Gasteiger partial charge in [0.1, 0.15) is 5.82 Å². The third-order valence-electron chi connectivity index (χ3n) is 2.71. The summed E-state index contributed by atoms with van der Waals surface area (Å²) >= 11 is 6.00. The smallest absolute Gasteiger partial charge is 0.210 e. The zero-order valence-corrected chi connectivity index (χ0v) is 10.6. The average Bonchev–Trinajstić information content (AvgIpc) is 3.10. The van der Waals surface area contributed by atoms with Gasteiger partial charge in [-0.25, -0.2) is 17.5 Å². The van der Waals surface area contributed by atoms with Crippen molar-refractivity contribution in [3.8, 4) is 0 Å². The number of hydrogen-bond acceptors (Lipinski definition) is 2. The maximum Gasteiger partial charge on any atom is 0.240 e. The molecule has 0 heterocycles. The Morgan fingerprint density at radius 2 is 2.18 bits per heavy atom. The molecule has 0 aliphatic heterocycles. The molecule has 1 aromatic carbocycles. The second kappa shape index (κ2) is 4.92. The second-order valence-corrected chi connectivity index (χ2v) is 6.49. The zero-order valence-electron chi connectivity index (χ0n) is 9.07. The quantitative estimate of drug-likeness (QED) is 0.838. The molecule has 0 amide bonds. The van der Waals surface area contributed by atoms with Gasteiger partial charge in [-0.15, -0.1) is 11.6 Å². The highest BCUT2D eigenvalue weighted by Gasteiger charge is 2.30. The maximum absolute atomic E-state index is 12.9. The zero-order chi connectivity index (χ0) is 12.5. The normalized spacial score (nSPS) is 18.0. The van der Waals surface area contributed by atoms with Gasteiger partial charge < -0.3 is 0 Å². The van der Waals surface area contributed by atoms with Gasteiger partial charge in [-0.05, 0) is 37.0 Å². The third kappa shape index (κ3) is 3.40. The molecule has 0 saturated heterocycles. The van der Waals surface area contributed by atoms with E-state index in [1.54, 1.807) is 0 Å². The predicted molar refractivity (Wildman–Crippen MR) is 64.0 cm³/mol. The summed E-state index contributed by atoms with van der Waals surface area (Å²) < 4.78 is 38.9. The lowest BCUT2D eigenvalue weighted by Gasteiger charge is -2.10. The van der Waals surface area contributed by atoms with E-state index in [1.807, 2.05) is 0 Å².